The molecule has 2 aromatic carbocycles. The van der Waals surface area contributed by atoms with Crippen LogP contribution in [0.2, 0.25) is 0 Å². The Labute approximate surface area is 155 Å². The van der Waals surface area contributed by atoms with E-state index in [0.29, 0.717) is 25.1 Å². The third-order valence-electron chi connectivity index (χ3n) is 4.48. The highest BCUT2D eigenvalue weighted by Crippen LogP contribution is 2.30. The van der Waals surface area contributed by atoms with Gasteiger partial charge in [-0.3, -0.25) is 14.9 Å². The first-order chi connectivity index (χ1) is 13.0. The Morgan fingerprint density at radius 2 is 1.96 bits per heavy atom. The zero-order valence-electron chi connectivity index (χ0n) is 14.8. The number of ether oxygens (including phenoxy) is 1. The Morgan fingerprint density at radius 1 is 1.22 bits per heavy atom. The fraction of sp³-hybridized carbons (Fsp3) is 0.263. The average molecular weight is 369 g/mol. The molecule has 1 saturated heterocycles. The normalized spacial score (nSPS) is 16.0. The van der Waals surface area contributed by atoms with Gasteiger partial charge in [0.2, 0.25) is 0 Å². The average Bonchev–Trinajstić information content (AvgIpc) is 3.17. The van der Waals surface area contributed by atoms with E-state index in [4.69, 9.17) is 4.74 Å². The lowest BCUT2D eigenvalue weighted by atomic mass is 10.1. The summed E-state index contributed by atoms with van der Waals surface area (Å²) in [5, 5.41) is 14.5. The number of rotatable bonds is 5. The van der Waals surface area contributed by atoms with Gasteiger partial charge in [0.15, 0.2) is 0 Å². The summed E-state index contributed by atoms with van der Waals surface area (Å²) in [6.45, 7) is 0.413. The number of methoxy groups -OCH3 is 1. The molecule has 0 unspecified atom stereocenters. The smallest absolute Gasteiger partial charge is 0.328 e. The van der Waals surface area contributed by atoms with Crippen molar-refractivity contribution in [2.24, 2.45) is 0 Å². The van der Waals surface area contributed by atoms with Crippen LogP contribution in [-0.2, 0) is 9.53 Å². The van der Waals surface area contributed by atoms with Crippen LogP contribution in [0.15, 0.2) is 48.5 Å². The number of nitro groups is 1. The molecule has 1 atom stereocenters. The molecule has 0 aliphatic carbocycles. The predicted octanol–water partition coefficient (Wildman–Crippen LogP) is 3.12. The number of nitro benzene ring substituents is 1. The lowest BCUT2D eigenvalue weighted by Gasteiger charge is -2.22. The molecule has 8 nitrogen and oxygen atoms in total. The van der Waals surface area contributed by atoms with Crippen LogP contribution in [0, 0.1) is 10.1 Å². The molecule has 1 fully saturated rings. The van der Waals surface area contributed by atoms with Crippen LogP contribution >= 0.6 is 0 Å². The van der Waals surface area contributed by atoms with Gasteiger partial charge >= 0.3 is 5.97 Å². The van der Waals surface area contributed by atoms with E-state index in [1.54, 1.807) is 12.1 Å². The summed E-state index contributed by atoms with van der Waals surface area (Å²) < 4.78 is 4.75. The highest BCUT2D eigenvalue weighted by molar-refractivity contribution is 5.98. The maximum absolute atomic E-state index is 12.8. The predicted molar refractivity (Wildman–Crippen MR) is 98.9 cm³/mol. The first-order valence-electron chi connectivity index (χ1n) is 8.50. The van der Waals surface area contributed by atoms with E-state index in [2.05, 4.69) is 5.32 Å². The lowest BCUT2D eigenvalue weighted by molar-refractivity contribution is -0.383. The van der Waals surface area contributed by atoms with Crippen molar-refractivity contribution in [1.82, 2.24) is 4.90 Å². The lowest BCUT2D eigenvalue weighted by Crippen LogP contribution is -2.41. The largest absolute Gasteiger partial charge is 0.467 e. The summed E-state index contributed by atoms with van der Waals surface area (Å²) in [7, 11) is 1.28. The minimum absolute atomic E-state index is 0.163. The standard InChI is InChI=1S/C19H19N3O5/c1-27-19(24)16-8-5-11-21(16)18(23)13-9-10-15(17(12-13)22(25)26)20-14-6-3-2-4-7-14/h2-4,6-7,9-10,12,16,20H,5,8,11H2,1H3/t16-/m0/s1. The Kier molecular flexibility index (Phi) is 5.35. The number of nitrogens with one attached hydrogen (secondary N) is 1. The quantitative estimate of drug-likeness (QED) is 0.494. The molecule has 1 amide bonds. The molecular formula is C19H19N3O5. The maximum atomic E-state index is 12.8. The molecule has 27 heavy (non-hydrogen) atoms. The number of anilines is 2. The molecule has 2 aromatic rings. The fourth-order valence-electron chi connectivity index (χ4n) is 3.16. The number of para-hydroxylation sites is 1. The van der Waals surface area contributed by atoms with Gasteiger partial charge in [-0.05, 0) is 37.1 Å². The van der Waals surface area contributed by atoms with Crippen LogP contribution in [0.4, 0.5) is 17.1 Å². The molecule has 8 heteroatoms. The molecular weight excluding hydrogens is 350 g/mol. The van der Waals surface area contributed by atoms with Crippen molar-refractivity contribution in [3.8, 4) is 0 Å². The highest BCUT2D eigenvalue weighted by Gasteiger charge is 2.35. The van der Waals surface area contributed by atoms with E-state index >= 15 is 0 Å². The second kappa shape index (κ2) is 7.86. The number of likely N-dealkylation sites (tertiary alicyclic amines) is 1. The van der Waals surface area contributed by atoms with Crippen LogP contribution < -0.4 is 5.32 Å². The second-order valence-corrected chi connectivity index (χ2v) is 6.16. The van der Waals surface area contributed by atoms with Gasteiger partial charge in [-0.25, -0.2) is 4.79 Å². The van der Waals surface area contributed by atoms with Gasteiger partial charge in [-0.2, -0.15) is 0 Å². The maximum Gasteiger partial charge on any atom is 0.328 e. The van der Waals surface area contributed by atoms with Gasteiger partial charge in [0.1, 0.15) is 11.7 Å². The third-order valence-corrected chi connectivity index (χ3v) is 4.48. The number of carbonyl (C=O) groups excluding carboxylic acids is 2. The molecule has 3 rings (SSSR count). The Morgan fingerprint density at radius 3 is 2.63 bits per heavy atom. The number of carbonyl (C=O) groups is 2. The molecule has 0 saturated carbocycles. The van der Waals surface area contributed by atoms with Crippen LogP contribution in [0.5, 0.6) is 0 Å². The summed E-state index contributed by atoms with van der Waals surface area (Å²) in [6.07, 6.45) is 1.20. The molecule has 0 radical (unpaired) electrons. The van der Waals surface area contributed by atoms with E-state index in [0.717, 1.165) is 0 Å². The van der Waals surface area contributed by atoms with Crippen molar-refractivity contribution in [2.45, 2.75) is 18.9 Å². The number of hydrogen-bond donors (Lipinski definition) is 1. The van der Waals surface area contributed by atoms with Crippen LogP contribution in [0.1, 0.15) is 23.2 Å². The monoisotopic (exact) mass is 369 g/mol. The van der Waals surface area contributed by atoms with Crippen molar-refractivity contribution in [3.05, 3.63) is 64.2 Å². The molecule has 0 bridgehead atoms. The van der Waals surface area contributed by atoms with Gasteiger partial charge in [0.05, 0.1) is 12.0 Å². The zero-order valence-corrected chi connectivity index (χ0v) is 14.8. The topological polar surface area (TPSA) is 102 Å². The summed E-state index contributed by atoms with van der Waals surface area (Å²) in [4.78, 5) is 37.0. The fourth-order valence-corrected chi connectivity index (χ4v) is 3.16. The summed E-state index contributed by atoms with van der Waals surface area (Å²) in [5.41, 5.74) is 0.938. The Bertz CT molecular complexity index is 869. The van der Waals surface area contributed by atoms with Crippen molar-refractivity contribution < 1.29 is 19.2 Å². The summed E-state index contributed by atoms with van der Waals surface area (Å²) in [6, 6.07) is 12.6. The molecule has 0 spiro atoms. The second-order valence-electron chi connectivity index (χ2n) is 6.16. The van der Waals surface area contributed by atoms with Crippen molar-refractivity contribution >= 4 is 28.9 Å². The highest BCUT2D eigenvalue weighted by atomic mass is 16.6. The van der Waals surface area contributed by atoms with Gasteiger partial charge in [0, 0.05) is 23.9 Å². The van der Waals surface area contributed by atoms with Crippen LogP contribution in [0.3, 0.4) is 0 Å². The van der Waals surface area contributed by atoms with Crippen LogP contribution in [-0.4, -0.2) is 41.4 Å². The van der Waals surface area contributed by atoms with Gasteiger partial charge in [0.25, 0.3) is 11.6 Å². The number of benzene rings is 2. The molecule has 1 N–H and O–H groups in total. The van der Waals surface area contributed by atoms with Gasteiger partial charge in [-0.1, -0.05) is 18.2 Å². The summed E-state index contributed by atoms with van der Waals surface area (Å²) in [5.74, 6) is -0.894. The van der Waals surface area contributed by atoms with Crippen molar-refractivity contribution in [1.29, 1.82) is 0 Å². The number of esters is 1. The Hall–Kier alpha value is -3.42. The van der Waals surface area contributed by atoms with E-state index < -0.39 is 22.8 Å². The number of amides is 1. The zero-order chi connectivity index (χ0) is 19.4. The number of nitrogens with zero attached hydrogens (tertiary/aromatic N) is 2. The van der Waals surface area contributed by atoms with E-state index in [1.165, 1.54) is 30.2 Å². The molecule has 140 valence electrons. The van der Waals surface area contributed by atoms with E-state index in [1.807, 2.05) is 18.2 Å². The van der Waals surface area contributed by atoms with Crippen molar-refractivity contribution in [3.63, 3.8) is 0 Å². The van der Waals surface area contributed by atoms with Gasteiger partial charge < -0.3 is 15.0 Å². The van der Waals surface area contributed by atoms with Crippen LogP contribution in [0.25, 0.3) is 0 Å². The Balaban J connectivity index is 1.88. The summed E-state index contributed by atoms with van der Waals surface area (Å²) >= 11 is 0. The molecule has 1 heterocycles. The molecule has 1 aliphatic rings. The van der Waals surface area contributed by atoms with E-state index in [-0.39, 0.29) is 16.9 Å². The van der Waals surface area contributed by atoms with Crippen molar-refractivity contribution in [2.75, 3.05) is 19.0 Å². The SMILES string of the molecule is COC(=O)[C@@H]1CCCN1C(=O)c1ccc(Nc2ccccc2)c([N+](=O)[O-])c1. The minimum atomic E-state index is -0.649. The third kappa shape index (κ3) is 3.89. The molecule has 1 aliphatic heterocycles. The number of hydrogen-bond acceptors (Lipinski definition) is 6. The first kappa shape index (κ1) is 18.4. The van der Waals surface area contributed by atoms with E-state index in [9.17, 15) is 19.7 Å². The van der Waals surface area contributed by atoms with Gasteiger partial charge in [-0.15, -0.1) is 0 Å². The first-order valence-corrected chi connectivity index (χ1v) is 8.50. The molecule has 0 aromatic heterocycles. The minimum Gasteiger partial charge on any atom is -0.467 e.